The first-order chi connectivity index (χ1) is 10.8. The van der Waals surface area contributed by atoms with Crippen molar-refractivity contribution >= 4 is 33.5 Å². The lowest BCUT2D eigenvalue weighted by molar-refractivity contribution is -0.127. The van der Waals surface area contributed by atoms with E-state index in [9.17, 15) is 4.79 Å². The van der Waals surface area contributed by atoms with Gasteiger partial charge >= 0.3 is 0 Å². The van der Waals surface area contributed by atoms with Crippen molar-refractivity contribution in [3.63, 3.8) is 0 Å². The Bertz CT molecular complexity index is 647. The molecule has 1 aliphatic rings. The molecule has 1 fully saturated rings. The molecule has 22 heavy (non-hydrogen) atoms. The molecule has 1 aromatic heterocycles. The van der Waals surface area contributed by atoms with Gasteiger partial charge in [-0.15, -0.1) is 11.3 Å². The van der Waals surface area contributed by atoms with Gasteiger partial charge in [0.1, 0.15) is 5.01 Å². The highest BCUT2D eigenvalue weighted by atomic mass is 32.1. The van der Waals surface area contributed by atoms with Crippen LogP contribution in [0.4, 0.5) is 0 Å². The van der Waals surface area contributed by atoms with E-state index in [0.29, 0.717) is 13.2 Å². The maximum atomic E-state index is 12.4. The topological polar surface area (TPSA) is 42.4 Å². The average Bonchev–Trinajstić information content (AvgIpc) is 3.16. The number of carbonyl (C=O) groups is 1. The van der Waals surface area contributed by atoms with E-state index in [0.717, 1.165) is 34.6 Å². The minimum Gasteiger partial charge on any atom is -0.380 e. The quantitative estimate of drug-likeness (QED) is 0.795. The number of hydrogen-bond acceptors (Lipinski definition) is 4. The fourth-order valence-electron chi connectivity index (χ4n) is 2.75. The van der Waals surface area contributed by atoms with Crippen LogP contribution in [0.15, 0.2) is 30.3 Å². The largest absolute Gasteiger partial charge is 0.380 e. The minimum absolute atomic E-state index is 0.0569. The molecular weight excluding hydrogens is 296 g/mol. The smallest absolute Gasteiger partial charge is 0.246 e. The molecular formula is C17H20N2O2S. The van der Waals surface area contributed by atoms with Gasteiger partial charge in [0, 0.05) is 19.2 Å². The van der Waals surface area contributed by atoms with Crippen LogP contribution in [0.3, 0.4) is 0 Å². The lowest BCUT2D eigenvalue weighted by atomic mass is 10.2. The van der Waals surface area contributed by atoms with Crippen LogP contribution in [-0.2, 0) is 9.53 Å². The molecule has 116 valence electrons. The maximum absolute atomic E-state index is 12.4. The minimum atomic E-state index is 0.0569. The first kappa shape index (κ1) is 15.2. The van der Waals surface area contributed by atoms with Crippen LogP contribution in [0.5, 0.6) is 0 Å². The van der Waals surface area contributed by atoms with Crippen molar-refractivity contribution in [3.8, 4) is 0 Å². The second-order valence-electron chi connectivity index (χ2n) is 5.34. The SMILES string of the molecule is CCOCC1CCCN1C(=O)/C=C/c1nc2ccccc2s1. The third kappa shape index (κ3) is 3.36. The summed E-state index contributed by atoms with van der Waals surface area (Å²) in [5.41, 5.74) is 0.981. The van der Waals surface area contributed by atoms with Gasteiger partial charge in [-0.05, 0) is 38.0 Å². The predicted octanol–water partition coefficient (Wildman–Crippen LogP) is 3.34. The Morgan fingerprint density at radius 2 is 2.36 bits per heavy atom. The van der Waals surface area contributed by atoms with Gasteiger partial charge in [0.25, 0.3) is 0 Å². The summed E-state index contributed by atoms with van der Waals surface area (Å²) in [6, 6.07) is 8.23. The number of rotatable bonds is 5. The summed E-state index contributed by atoms with van der Waals surface area (Å²) in [6.45, 7) is 4.13. The number of fused-ring (bicyclic) bond motifs is 1. The molecule has 0 N–H and O–H groups in total. The summed E-state index contributed by atoms with van der Waals surface area (Å²) in [5.74, 6) is 0.0569. The molecule has 1 aromatic carbocycles. The van der Waals surface area contributed by atoms with E-state index in [1.54, 1.807) is 17.4 Å². The predicted molar refractivity (Wildman–Crippen MR) is 89.9 cm³/mol. The Labute approximate surface area is 134 Å². The summed E-state index contributed by atoms with van der Waals surface area (Å²) in [7, 11) is 0. The van der Waals surface area contributed by atoms with E-state index < -0.39 is 0 Å². The van der Waals surface area contributed by atoms with Crippen LogP contribution >= 0.6 is 11.3 Å². The second kappa shape index (κ2) is 7.03. The van der Waals surface area contributed by atoms with Gasteiger partial charge in [0.05, 0.1) is 22.9 Å². The van der Waals surface area contributed by atoms with Crippen LogP contribution in [-0.4, -0.2) is 41.6 Å². The van der Waals surface area contributed by atoms with Crippen molar-refractivity contribution in [2.45, 2.75) is 25.8 Å². The molecule has 0 bridgehead atoms. The molecule has 2 heterocycles. The number of thiazole rings is 1. The number of hydrogen-bond donors (Lipinski definition) is 0. The van der Waals surface area contributed by atoms with Gasteiger partial charge < -0.3 is 9.64 Å². The maximum Gasteiger partial charge on any atom is 0.246 e. The van der Waals surface area contributed by atoms with E-state index in [4.69, 9.17) is 4.74 Å². The van der Waals surface area contributed by atoms with Crippen molar-refractivity contribution < 1.29 is 9.53 Å². The third-order valence-electron chi connectivity index (χ3n) is 3.85. The average molecular weight is 316 g/mol. The monoisotopic (exact) mass is 316 g/mol. The van der Waals surface area contributed by atoms with Crippen LogP contribution in [0.25, 0.3) is 16.3 Å². The molecule has 5 heteroatoms. The third-order valence-corrected chi connectivity index (χ3v) is 4.86. The Morgan fingerprint density at radius 3 is 3.18 bits per heavy atom. The van der Waals surface area contributed by atoms with Crippen molar-refractivity contribution in [3.05, 3.63) is 35.3 Å². The normalized spacial score (nSPS) is 18.6. The van der Waals surface area contributed by atoms with Gasteiger partial charge in [-0.3, -0.25) is 4.79 Å². The van der Waals surface area contributed by atoms with E-state index >= 15 is 0 Å². The Morgan fingerprint density at radius 1 is 1.50 bits per heavy atom. The van der Waals surface area contributed by atoms with Gasteiger partial charge in [-0.2, -0.15) is 0 Å². The van der Waals surface area contributed by atoms with Gasteiger partial charge in [-0.1, -0.05) is 12.1 Å². The second-order valence-corrected chi connectivity index (χ2v) is 6.40. The van der Waals surface area contributed by atoms with Crippen LogP contribution < -0.4 is 0 Å². The molecule has 0 radical (unpaired) electrons. The van der Waals surface area contributed by atoms with Gasteiger partial charge in [-0.25, -0.2) is 4.98 Å². The molecule has 1 aliphatic heterocycles. The Kier molecular flexibility index (Phi) is 4.85. The summed E-state index contributed by atoms with van der Waals surface area (Å²) in [4.78, 5) is 18.8. The van der Waals surface area contributed by atoms with Crippen LogP contribution in [0, 0.1) is 0 Å². The first-order valence-electron chi connectivity index (χ1n) is 7.70. The van der Waals surface area contributed by atoms with Crippen molar-refractivity contribution in [1.82, 2.24) is 9.88 Å². The number of para-hydroxylation sites is 1. The summed E-state index contributed by atoms with van der Waals surface area (Å²) < 4.78 is 6.62. The molecule has 0 saturated carbocycles. The highest BCUT2D eigenvalue weighted by Gasteiger charge is 2.27. The molecule has 2 aromatic rings. The fourth-order valence-corrected chi connectivity index (χ4v) is 3.62. The van der Waals surface area contributed by atoms with Gasteiger partial charge in [0.15, 0.2) is 0 Å². The number of nitrogens with zero attached hydrogens (tertiary/aromatic N) is 2. The number of ether oxygens (including phenoxy) is 1. The molecule has 0 spiro atoms. The van der Waals surface area contributed by atoms with Crippen molar-refractivity contribution in [1.29, 1.82) is 0 Å². The zero-order valence-corrected chi connectivity index (χ0v) is 13.5. The number of aromatic nitrogens is 1. The lowest BCUT2D eigenvalue weighted by Crippen LogP contribution is -2.37. The number of carbonyl (C=O) groups excluding carboxylic acids is 1. The molecule has 1 atom stereocenters. The molecule has 1 amide bonds. The number of likely N-dealkylation sites (tertiary alicyclic amines) is 1. The van der Waals surface area contributed by atoms with E-state index in [1.807, 2.05) is 42.2 Å². The first-order valence-corrected chi connectivity index (χ1v) is 8.51. The van der Waals surface area contributed by atoms with Crippen LogP contribution in [0.1, 0.15) is 24.8 Å². The van der Waals surface area contributed by atoms with Gasteiger partial charge in [0.2, 0.25) is 5.91 Å². The summed E-state index contributed by atoms with van der Waals surface area (Å²) >= 11 is 1.60. The Hall–Kier alpha value is -1.72. The van der Waals surface area contributed by atoms with Crippen molar-refractivity contribution in [2.24, 2.45) is 0 Å². The molecule has 4 nitrogen and oxygen atoms in total. The standard InChI is InChI=1S/C17H20N2O2S/c1-2-21-12-13-6-5-11-19(13)17(20)10-9-16-18-14-7-3-4-8-15(14)22-16/h3-4,7-10,13H,2,5-6,11-12H2,1H3/b10-9+. The van der Waals surface area contributed by atoms with E-state index in [1.165, 1.54) is 0 Å². The van der Waals surface area contributed by atoms with E-state index in [2.05, 4.69) is 4.98 Å². The molecule has 0 aliphatic carbocycles. The fraction of sp³-hybridized carbons (Fsp3) is 0.412. The summed E-state index contributed by atoms with van der Waals surface area (Å²) in [6.07, 6.45) is 5.55. The Balaban J connectivity index is 1.67. The number of amides is 1. The number of benzene rings is 1. The zero-order chi connectivity index (χ0) is 15.4. The lowest BCUT2D eigenvalue weighted by Gasteiger charge is -2.23. The zero-order valence-electron chi connectivity index (χ0n) is 12.7. The van der Waals surface area contributed by atoms with Crippen LogP contribution in [0.2, 0.25) is 0 Å². The highest BCUT2D eigenvalue weighted by Crippen LogP contribution is 2.23. The molecule has 3 rings (SSSR count). The van der Waals surface area contributed by atoms with E-state index in [-0.39, 0.29) is 11.9 Å². The highest BCUT2D eigenvalue weighted by molar-refractivity contribution is 7.19. The van der Waals surface area contributed by atoms with Crippen molar-refractivity contribution in [2.75, 3.05) is 19.8 Å². The molecule has 1 unspecified atom stereocenters. The molecule has 1 saturated heterocycles. The summed E-state index contributed by atoms with van der Waals surface area (Å²) in [5, 5.41) is 0.870.